The zero-order chi connectivity index (χ0) is 22.0. The van der Waals surface area contributed by atoms with Crippen molar-refractivity contribution in [2.45, 2.75) is 35.9 Å². The van der Waals surface area contributed by atoms with Gasteiger partial charge in [0.15, 0.2) is 11.6 Å². The summed E-state index contributed by atoms with van der Waals surface area (Å²) in [7, 11) is 2.01. The number of aliphatic hydroxyl groups is 1. The maximum absolute atomic E-state index is 14.5. The van der Waals surface area contributed by atoms with Crippen LogP contribution in [0.5, 0.6) is 0 Å². The van der Waals surface area contributed by atoms with E-state index in [-0.39, 0.29) is 23.5 Å². The highest BCUT2D eigenvalue weighted by Crippen LogP contribution is 2.76. The molecule has 7 rings (SSSR count). The molecule has 164 valence electrons. The molecule has 6 heteroatoms. The van der Waals surface area contributed by atoms with Gasteiger partial charge < -0.3 is 10.0 Å². The van der Waals surface area contributed by atoms with Gasteiger partial charge in [-0.1, -0.05) is 48.0 Å². The van der Waals surface area contributed by atoms with Gasteiger partial charge in [0.05, 0.1) is 11.3 Å². The predicted molar refractivity (Wildman–Crippen MR) is 120 cm³/mol. The molecule has 2 aliphatic carbocycles. The average Bonchev–Trinajstić information content (AvgIpc) is 3.41. The van der Waals surface area contributed by atoms with Crippen molar-refractivity contribution in [1.82, 2.24) is 9.80 Å². The number of fused-ring (bicyclic) bond motifs is 5. The van der Waals surface area contributed by atoms with Crippen molar-refractivity contribution < 1.29 is 14.7 Å². The van der Waals surface area contributed by atoms with Crippen molar-refractivity contribution in [3.63, 3.8) is 0 Å². The Hall–Kier alpha value is -2.05. The second kappa shape index (κ2) is 5.89. The van der Waals surface area contributed by atoms with Crippen LogP contribution in [-0.4, -0.2) is 64.7 Å². The lowest BCUT2D eigenvalue weighted by molar-refractivity contribution is -0.137. The smallest absolute Gasteiger partial charge is 0.187 e. The Morgan fingerprint density at radius 3 is 2.62 bits per heavy atom. The van der Waals surface area contributed by atoms with Gasteiger partial charge in [0.25, 0.3) is 0 Å². The van der Waals surface area contributed by atoms with Gasteiger partial charge >= 0.3 is 0 Å². The number of halogens is 1. The molecular formula is C26H25ClN2O3. The topological polar surface area (TPSA) is 60.9 Å². The van der Waals surface area contributed by atoms with Crippen LogP contribution in [0.15, 0.2) is 48.5 Å². The van der Waals surface area contributed by atoms with Crippen molar-refractivity contribution in [3.8, 4) is 0 Å². The summed E-state index contributed by atoms with van der Waals surface area (Å²) in [6, 6.07) is 15.2. The number of ketones is 2. The van der Waals surface area contributed by atoms with E-state index in [9.17, 15) is 14.7 Å². The number of Topliss-reactive ketones (excluding diaryl/α,β-unsaturated/α-hetero) is 2. The Bertz CT molecular complexity index is 1200. The summed E-state index contributed by atoms with van der Waals surface area (Å²) < 4.78 is 0. The van der Waals surface area contributed by atoms with Gasteiger partial charge in [0, 0.05) is 35.6 Å². The van der Waals surface area contributed by atoms with Crippen molar-refractivity contribution in [3.05, 3.63) is 70.2 Å². The van der Waals surface area contributed by atoms with Crippen LogP contribution in [0.1, 0.15) is 40.2 Å². The lowest BCUT2D eigenvalue weighted by atomic mass is 9.59. The van der Waals surface area contributed by atoms with E-state index in [0.717, 1.165) is 24.9 Å². The minimum absolute atomic E-state index is 0.0392. The molecule has 2 bridgehead atoms. The monoisotopic (exact) mass is 448 g/mol. The Kier molecular flexibility index (Phi) is 3.58. The van der Waals surface area contributed by atoms with Crippen LogP contribution < -0.4 is 0 Å². The highest BCUT2D eigenvalue weighted by atomic mass is 35.5. The second-order valence-corrected chi connectivity index (χ2v) is 10.8. The lowest BCUT2D eigenvalue weighted by Gasteiger charge is -2.47. The van der Waals surface area contributed by atoms with E-state index in [2.05, 4.69) is 9.80 Å². The average molecular weight is 449 g/mol. The molecule has 3 aliphatic heterocycles. The van der Waals surface area contributed by atoms with Crippen molar-refractivity contribution in [1.29, 1.82) is 0 Å². The van der Waals surface area contributed by atoms with E-state index in [4.69, 9.17) is 11.6 Å². The molecule has 0 radical (unpaired) electrons. The number of rotatable bonds is 1. The number of carbonyl (C=O) groups excluding carboxylic acids is 2. The van der Waals surface area contributed by atoms with E-state index < -0.39 is 22.5 Å². The van der Waals surface area contributed by atoms with Crippen LogP contribution in [0.3, 0.4) is 0 Å². The number of benzene rings is 2. The molecule has 3 saturated heterocycles. The molecule has 2 spiro atoms. The second-order valence-electron chi connectivity index (χ2n) is 10.4. The predicted octanol–water partition coefficient (Wildman–Crippen LogP) is 2.86. The first-order chi connectivity index (χ1) is 15.4. The van der Waals surface area contributed by atoms with Crippen molar-refractivity contribution in [2.24, 2.45) is 11.3 Å². The normalized spacial score (nSPS) is 42.2. The summed E-state index contributed by atoms with van der Waals surface area (Å²) in [5.74, 6) is -0.780. The van der Waals surface area contributed by atoms with E-state index in [1.54, 1.807) is 0 Å². The van der Waals surface area contributed by atoms with Crippen LogP contribution in [-0.2, 0) is 10.4 Å². The van der Waals surface area contributed by atoms with Gasteiger partial charge in [-0.05, 0) is 49.7 Å². The van der Waals surface area contributed by atoms with Crippen LogP contribution in [0.4, 0.5) is 0 Å². The molecule has 6 atom stereocenters. The van der Waals surface area contributed by atoms with E-state index >= 15 is 0 Å². The molecule has 32 heavy (non-hydrogen) atoms. The maximum Gasteiger partial charge on any atom is 0.187 e. The number of nitrogens with zero attached hydrogens (tertiary/aromatic N) is 2. The Morgan fingerprint density at radius 2 is 1.84 bits per heavy atom. The standard InChI is InChI=1S/C26H25ClN2O3/c1-28-13-19-23(31)24(14-28)21(15-8-10-16(27)11-9-15)20-7-4-12-29(20)26(24)22(30)17-5-2-3-6-18(17)25(19,26)32/h2-3,5-6,8-11,19-21,32H,4,7,12-14H2,1H3/t19-,20-,21-,24-,25+,26-/m1/s1. The fourth-order valence-electron chi connectivity index (χ4n) is 8.59. The first kappa shape index (κ1) is 19.4. The summed E-state index contributed by atoms with van der Waals surface area (Å²) in [6.07, 6.45) is 1.87. The van der Waals surface area contributed by atoms with E-state index in [1.165, 1.54) is 0 Å². The SMILES string of the molecule is CN1C[C@@H]2C(=O)[C@@]3(C1)[C@H](c1ccc(Cl)cc1)[C@H]1CCCN1[C@]31C(=O)c3ccccc3[C@]21O. The summed E-state index contributed by atoms with van der Waals surface area (Å²) in [6.45, 7) is 1.67. The third-order valence-corrected chi connectivity index (χ3v) is 9.51. The number of hydrogen-bond donors (Lipinski definition) is 1. The molecule has 0 unspecified atom stereocenters. The van der Waals surface area contributed by atoms with Gasteiger partial charge in [-0.3, -0.25) is 14.5 Å². The van der Waals surface area contributed by atoms with Gasteiger partial charge in [-0.15, -0.1) is 0 Å². The van der Waals surface area contributed by atoms with Gasteiger partial charge in [-0.2, -0.15) is 0 Å². The first-order valence-electron chi connectivity index (χ1n) is 11.5. The Balaban J connectivity index is 1.60. The third kappa shape index (κ3) is 1.74. The lowest BCUT2D eigenvalue weighted by Crippen LogP contribution is -2.66. The molecule has 1 N–H and O–H groups in total. The minimum Gasteiger partial charge on any atom is -0.382 e. The molecule has 2 aromatic rings. The Morgan fingerprint density at radius 1 is 1.09 bits per heavy atom. The highest BCUT2D eigenvalue weighted by Gasteiger charge is 2.91. The zero-order valence-electron chi connectivity index (χ0n) is 17.9. The molecule has 0 aromatic heterocycles. The fourth-order valence-corrected chi connectivity index (χ4v) is 8.72. The van der Waals surface area contributed by atoms with Gasteiger partial charge in [-0.25, -0.2) is 0 Å². The molecule has 3 heterocycles. The minimum atomic E-state index is -1.51. The molecule has 4 fully saturated rings. The molecule has 2 aromatic carbocycles. The fraction of sp³-hybridized carbons (Fsp3) is 0.462. The van der Waals surface area contributed by atoms with Crippen LogP contribution in [0.2, 0.25) is 5.02 Å². The number of likely N-dealkylation sites (tertiary alicyclic amines) is 1. The number of carbonyl (C=O) groups is 2. The summed E-state index contributed by atoms with van der Waals surface area (Å²) in [4.78, 5) is 33.3. The Labute approximate surface area is 192 Å². The largest absolute Gasteiger partial charge is 0.382 e. The molecule has 0 amide bonds. The summed E-state index contributed by atoms with van der Waals surface area (Å²) in [5.41, 5.74) is -1.48. The summed E-state index contributed by atoms with van der Waals surface area (Å²) >= 11 is 6.21. The van der Waals surface area contributed by atoms with Crippen LogP contribution in [0, 0.1) is 11.3 Å². The van der Waals surface area contributed by atoms with Crippen molar-refractivity contribution >= 4 is 23.2 Å². The number of piperidine rings is 1. The molecule has 5 aliphatic rings. The van der Waals surface area contributed by atoms with Gasteiger partial charge in [0.2, 0.25) is 0 Å². The molecule has 1 saturated carbocycles. The van der Waals surface area contributed by atoms with E-state index in [0.29, 0.717) is 29.2 Å². The van der Waals surface area contributed by atoms with Crippen LogP contribution >= 0.6 is 11.6 Å². The zero-order valence-corrected chi connectivity index (χ0v) is 18.7. The maximum atomic E-state index is 14.5. The van der Waals surface area contributed by atoms with Crippen molar-refractivity contribution in [2.75, 3.05) is 26.7 Å². The third-order valence-electron chi connectivity index (χ3n) is 9.26. The highest BCUT2D eigenvalue weighted by molar-refractivity contribution is 6.30. The number of hydrogen-bond acceptors (Lipinski definition) is 5. The molecular weight excluding hydrogens is 424 g/mol. The van der Waals surface area contributed by atoms with E-state index in [1.807, 2.05) is 55.6 Å². The summed E-state index contributed by atoms with van der Waals surface area (Å²) in [5, 5.41) is 13.3. The van der Waals surface area contributed by atoms with Gasteiger partial charge in [0.1, 0.15) is 11.1 Å². The quantitative estimate of drug-likeness (QED) is 0.727. The van der Waals surface area contributed by atoms with Crippen LogP contribution in [0.25, 0.3) is 0 Å². The molecule has 5 nitrogen and oxygen atoms in total. The first-order valence-corrected chi connectivity index (χ1v) is 11.9.